The van der Waals surface area contributed by atoms with E-state index < -0.39 is 0 Å². The van der Waals surface area contributed by atoms with Crippen molar-refractivity contribution in [2.45, 2.75) is 130 Å². The Morgan fingerprint density at radius 1 is 0.683 bits per heavy atom. The molecule has 0 bridgehead atoms. The van der Waals surface area contributed by atoms with Gasteiger partial charge in [-0.15, -0.1) is 0 Å². The summed E-state index contributed by atoms with van der Waals surface area (Å²) in [4.78, 5) is 28.6. The predicted octanol–water partition coefficient (Wildman–Crippen LogP) is 12.4. The summed E-state index contributed by atoms with van der Waals surface area (Å²) in [5, 5.41) is 5.79. The van der Waals surface area contributed by atoms with E-state index >= 15 is 0 Å². The van der Waals surface area contributed by atoms with E-state index in [1.807, 2.05) is 66.8 Å². The Balaban J connectivity index is 0.000000230. The third-order valence-corrected chi connectivity index (χ3v) is 12.5. The van der Waals surface area contributed by atoms with E-state index in [0.29, 0.717) is 5.92 Å². The van der Waals surface area contributed by atoms with Crippen LogP contribution >= 0.6 is 0 Å². The molecule has 7 nitrogen and oxygen atoms in total. The molecule has 2 aliphatic heterocycles. The number of alkyl carbamates (subject to hydrolysis) is 1. The van der Waals surface area contributed by atoms with Crippen LogP contribution in [-0.2, 0) is 9.53 Å². The molecule has 0 radical (unpaired) electrons. The van der Waals surface area contributed by atoms with Crippen LogP contribution in [0, 0.1) is 24.7 Å². The Bertz CT molecular complexity index is 1710. The standard InChI is InChI=1S/C31H53N3O2.C15H15NO.C7H8/c1-28-18-24-33(25-19-28)22-14-10-6-4-2-3-5-7-11-15-23-34-26-20-30(21-27-34)36-31(35)32-29-16-12-8-9-13-17-29;1-10(17)16-15-8-3-2-6-13(15)12-7-4-5-11-9-14(11)12;1-7-5-3-2-4-6-7/h8-9,12-13,16,28,30H,2-7,10-11,14-15,17-27H2,1H3,(H,32,35);2-8,11,14H,9H2,1H3,(H,16,17);2-6H,1H3. The van der Waals surface area contributed by atoms with Gasteiger partial charge in [-0.25, -0.2) is 4.79 Å². The van der Waals surface area contributed by atoms with Crippen LogP contribution in [0.2, 0.25) is 0 Å². The molecule has 5 aliphatic rings. The highest BCUT2D eigenvalue weighted by Gasteiger charge is 2.40. The minimum Gasteiger partial charge on any atom is -0.446 e. The number of para-hydroxylation sites is 1. The normalized spacial score (nSPS) is 20.2. The van der Waals surface area contributed by atoms with Gasteiger partial charge in [-0.05, 0) is 114 Å². The molecule has 2 N–H and O–H groups in total. The number of likely N-dealkylation sites (tertiary alicyclic amines) is 2. The fourth-order valence-corrected chi connectivity index (χ4v) is 8.67. The molecule has 2 atom stereocenters. The number of benzene rings is 2. The maximum atomic E-state index is 12.2. The van der Waals surface area contributed by atoms with Crippen molar-refractivity contribution in [3.8, 4) is 0 Å². The second-order valence-corrected chi connectivity index (χ2v) is 17.7. The highest BCUT2D eigenvalue weighted by atomic mass is 16.6. The lowest BCUT2D eigenvalue weighted by atomic mass is 9.95. The molecule has 2 saturated heterocycles. The van der Waals surface area contributed by atoms with Crippen LogP contribution in [-0.4, -0.2) is 67.2 Å². The molecular formula is C53H76N4O3. The number of aryl methyl sites for hydroxylation is 1. The molecule has 2 heterocycles. The topological polar surface area (TPSA) is 73.9 Å². The maximum absolute atomic E-state index is 12.2. The molecule has 2 aromatic carbocycles. The van der Waals surface area contributed by atoms with Gasteiger partial charge in [0.2, 0.25) is 5.91 Å². The number of ether oxygens (including phenoxy) is 1. The average molecular weight is 817 g/mol. The molecule has 2 aromatic rings. The van der Waals surface area contributed by atoms with Crippen LogP contribution in [0.1, 0.15) is 128 Å². The largest absolute Gasteiger partial charge is 0.446 e. The second kappa shape index (κ2) is 26.9. The Morgan fingerprint density at radius 3 is 1.90 bits per heavy atom. The van der Waals surface area contributed by atoms with E-state index in [9.17, 15) is 9.59 Å². The van der Waals surface area contributed by atoms with E-state index in [2.05, 4.69) is 70.7 Å². The minimum absolute atomic E-state index is 0.0169. The van der Waals surface area contributed by atoms with Gasteiger partial charge in [-0.1, -0.05) is 155 Å². The number of hydrogen-bond donors (Lipinski definition) is 2. The lowest BCUT2D eigenvalue weighted by molar-refractivity contribution is -0.114. The summed E-state index contributed by atoms with van der Waals surface area (Å²) < 4.78 is 5.66. The van der Waals surface area contributed by atoms with E-state index in [1.54, 1.807) is 6.92 Å². The van der Waals surface area contributed by atoms with E-state index in [-0.39, 0.29) is 18.1 Å². The first-order valence-electron chi connectivity index (χ1n) is 23.6. The van der Waals surface area contributed by atoms with Crippen LogP contribution in [0.15, 0.2) is 109 Å². The van der Waals surface area contributed by atoms with Gasteiger partial charge in [0.25, 0.3) is 0 Å². The predicted molar refractivity (Wildman–Crippen MR) is 252 cm³/mol. The number of carbonyl (C=O) groups excluding carboxylic acids is 2. The summed E-state index contributed by atoms with van der Waals surface area (Å²) in [6.07, 6.45) is 36.8. The fourth-order valence-electron chi connectivity index (χ4n) is 8.67. The van der Waals surface area contributed by atoms with Crippen LogP contribution in [0.25, 0.3) is 5.57 Å². The highest BCUT2D eigenvalue weighted by molar-refractivity contribution is 5.93. The van der Waals surface area contributed by atoms with Crippen molar-refractivity contribution in [2.24, 2.45) is 17.8 Å². The molecule has 1 saturated carbocycles. The van der Waals surface area contributed by atoms with Crippen LogP contribution < -0.4 is 10.6 Å². The summed E-state index contributed by atoms with van der Waals surface area (Å²) in [5.41, 5.74) is 5.66. The molecule has 2 unspecified atom stereocenters. The number of allylic oxidation sites excluding steroid dienone is 9. The number of amides is 2. The number of rotatable bonds is 17. The molecule has 0 aromatic heterocycles. The first kappa shape index (κ1) is 46.9. The number of nitrogens with zero attached hydrogens (tertiary/aromatic N) is 2. The summed E-state index contributed by atoms with van der Waals surface area (Å²) >= 11 is 0. The van der Waals surface area contributed by atoms with Crippen LogP contribution in [0.5, 0.6) is 0 Å². The Morgan fingerprint density at radius 2 is 1.28 bits per heavy atom. The lowest BCUT2D eigenvalue weighted by Gasteiger charge is -2.31. The average Bonchev–Trinajstić information content (AvgIpc) is 4.08. The molecule has 60 heavy (non-hydrogen) atoms. The number of carbonyl (C=O) groups is 2. The number of piperidine rings is 2. The van der Waals surface area contributed by atoms with Crippen molar-refractivity contribution >= 4 is 23.3 Å². The fraction of sp³-hybridized carbons (Fsp3) is 0.547. The molecular weight excluding hydrogens is 741 g/mol. The number of nitrogens with one attached hydrogen (secondary N) is 2. The third-order valence-electron chi connectivity index (χ3n) is 12.5. The second-order valence-electron chi connectivity index (χ2n) is 17.7. The maximum Gasteiger partial charge on any atom is 0.411 e. The Hall–Kier alpha value is -4.20. The molecule has 7 heteroatoms. The third kappa shape index (κ3) is 18.2. The number of fused-ring (bicyclic) bond motifs is 1. The van der Waals surface area contributed by atoms with Gasteiger partial charge in [-0.3, -0.25) is 10.1 Å². The van der Waals surface area contributed by atoms with Crippen LogP contribution in [0.4, 0.5) is 10.5 Å². The molecule has 2 amide bonds. The molecule has 0 spiro atoms. The van der Waals surface area contributed by atoms with Gasteiger partial charge in [0.1, 0.15) is 6.10 Å². The van der Waals surface area contributed by atoms with Gasteiger partial charge < -0.3 is 19.9 Å². The molecule has 326 valence electrons. The van der Waals surface area contributed by atoms with Gasteiger partial charge in [-0.2, -0.15) is 0 Å². The van der Waals surface area contributed by atoms with E-state index in [1.165, 1.54) is 126 Å². The van der Waals surface area contributed by atoms with Gasteiger partial charge in [0, 0.05) is 43.4 Å². The van der Waals surface area contributed by atoms with Gasteiger partial charge in [0.15, 0.2) is 0 Å². The van der Waals surface area contributed by atoms with E-state index in [4.69, 9.17) is 4.74 Å². The number of anilines is 1. The van der Waals surface area contributed by atoms with Crippen molar-refractivity contribution in [1.82, 2.24) is 15.1 Å². The molecule has 3 fully saturated rings. The SMILES string of the molecule is CC(=O)Nc1ccccc1C1=CC=CC2CC12.CC1CCN(CCCCCCCCCCCCN2CCC(OC(=O)NC3=CC=CC=CC3)CC2)CC1.Cc1ccccc1. The Labute approximate surface area is 363 Å². The van der Waals surface area contributed by atoms with E-state index in [0.717, 1.165) is 55.6 Å². The van der Waals surface area contributed by atoms with Crippen molar-refractivity contribution in [1.29, 1.82) is 0 Å². The van der Waals surface area contributed by atoms with Gasteiger partial charge in [0.05, 0.1) is 0 Å². The zero-order valence-corrected chi connectivity index (χ0v) is 37.3. The molecule has 7 rings (SSSR count). The summed E-state index contributed by atoms with van der Waals surface area (Å²) in [5.74, 6) is 2.32. The van der Waals surface area contributed by atoms with Crippen molar-refractivity contribution < 1.29 is 14.3 Å². The summed E-state index contributed by atoms with van der Waals surface area (Å²) in [7, 11) is 0. The summed E-state index contributed by atoms with van der Waals surface area (Å²) in [6.45, 7) is 13.3. The molecule has 3 aliphatic carbocycles. The monoisotopic (exact) mass is 817 g/mol. The van der Waals surface area contributed by atoms with Gasteiger partial charge >= 0.3 is 6.09 Å². The first-order valence-corrected chi connectivity index (χ1v) is 23.6. The zero-order chi connectivity index (χ0) is 42.2. The quantitative estimate of drug-likeness (QED) is 0.156. The zero-order valence-electron chi connectivity index (χ0n) is 37.3. The summed E-state index contributed by atoms with van der Waals surface area (Å²) in [6, 6.07) is 18.3. The van der Waals surface area contributed by atoms with Crippen molar-refractivity contribution in [3.63, 3.8) is 0 Å². The number of hydrogen-bond acceptors (Lipinski definition) is 5. The Kier molecular flexibility index (Phi) is 21.0. The first-order chi connectivity index (χ1) is 29.3. The van der Waals surface area contributed by atoms with Crippen LogP contribution in [0.3, 0.4) is 0 Å². The van der Waals surface area contributed by atoms with Crippen molar-refractivity contribution in [3.05, 3.63) is 120 Å². The minimum atomic E-state index is -0.310. The van der Waals surface area contributed by atoms with Crippen molar-refractivity contribution in [2.75, 3.05) is 44.6 Å². The highest BCUT2D eigenvalue weighted by Crippen LogP contribution is 2.52. The smallest absolute Gasteiger partial charge is 0.411 e. The lowest BCUT2D eigenvalue weighted by Crippen LogP contribution is -2.39. The number of unbranched alkanes of at least 4 members (excludes halogenated alkanes) is 9.